The maximum absolute atomic E-state index is 6.04. The van der Waals surface area contributed by atoms with E-state index in [9.17, 15) is 0 Å². The first kappa shape index (κ1) is 12.1. The van der Waals surface area contributed by atoms with Crippen LogP contribution in [0.4, 0.5) is 5.69 Å². The molecule has 0 saturated carbocycles. The van der Waals surface area contributed by atoms with Crippen LogP contribution in [0.15, 0.2) is 40.8 Å². The van der Waals surface area contributed by atoms with E-state index in [4.69, 9.17) is 16.0 Å². The van der Waals surface area contributed by atoms with Crippen molar-refractivity contribution < 1.29 is 4.42 Å². The molecule has 0 aliphatic heterocycles. The molecule has 1 aromatic heterocycles. The van der Waals surface area contributed by atoms with Gasteiger partial charge in [-0.3, -0.25) is 0 Å². The Kier molecular flexibility index (Phi) is 4.10. The third-order valence-corrected chi connectivity index (χ3v) is 2.91. The summed E-state index contributed by atoms with van der Waals surface area (Å²) in [5.41, 5.74) is 0.991. The van der Waals surface area contributed by atoms with Gasteiger partial charge in [-0.25, -0.2) is 0 Å². The minimum absolute atomic E-state index is 0.765. The summed E-state index contributed by atoms with van der Waals surface area (Å²) in [6, 6.07) is 11.8. The van der Waals surface area contributed by atoms with Crippen LogP contribution in [0, 0.1) is 6.92 Å². The highest BCUT2D eigenvalue weighted by molar-refractivity contribution is 6.33. The Hall–Kier alpha value is -1.41. The molecule has 0 aliphatic carbocycles. The van der Waals surface area contributed by atoms with Crippen LogP contribution in [0.5, 0.6) is 0 Å². The molecule has 0 aliphatic rings. The van der Waals surface area contributed by atoms with Gasteiger partial charge in [0.25, 0.3) is 0 Å². The van der Waals surface area contributed by atoms with E-state index in [1.807, 2.05) is 43.3 Å². The minimum Gasteiger partial charge on any atom is -0.466 e. The number of para-hydroxylation sites is 1. The maximum atomic E-state index is 6.04. The predicted octanol–water partition coefficient (Wildman–Crippen LogP) is 4.29. The second kappa shape index (κ2) is 5.78. The van der Waals surface area contributed by atoms with Crippen LogP contribution < -0.4 is 5.32 Å². The number of rotatable bonds is 5. The van der Waals surface area contributed by atoms with Crippen LogP contribution in [0.1, 0.15) is 17.9 Å². The lowest BCUT2D eigenvalue weighted by Crippen LogP contribution is -2.02. The third kappa shape index (κ3) is 3.53. The van der Waals surface area contributed by atoms with Crippen molar-refractivity contribution in [3.05, 3.63) is 52.9 Å². The number of furan rings is 1. The Morgan fingerprint density at radius 1 is 1.18 bits per heavy atom. The standard InChI is InChI=1S/C14H16ClNO/c1-11-8-9-12(17-11)5-4-10-16-14-7-3-2-6-13(14)15/h2-3,6-9,16H,4-5,10H2,1H3. The zero-order chi connectivity index (χ0) is 12.1. The lowest BCUT2D eigenvalue weighted by atomic mass is 10.2. The summed E-state index contributed by atoms with van der Waals surface area (Å²) >= 11 is 6.04. The van der Waals surface area contributed by atoms with Crippen LogP contribution in [0.2, 0.25) is 5.02 Å². The highest BCUT2D eigenvalue weighted by Gasteiger charge is 2.00. The van der Waals surface area contributed by atoms with Gasteiger partial charge < -0.3 is 9.73 Å². The molecule has 0 atom stereocenters. The Labute approximate surface area is 107 Å². The number of aryl methyl sites for hydroxylation is 2. The molecule has 0 spiro atoms. The number of nitrogens with one attached hydrogen (secondary N) is 1. The first-order valence-electron chi connectivity index (χ1n) is 5.79. The van der Waals surface area contributed by atoms with Crippen LogP contribution in [0.25, 0.3) is 0 Å². The van der Waals surface area contributed by atoms with E-state index in [2.05, 4.69) is 5.32 Å². The van der Waals surface area contributed by atoms with E-state index in [1.165, 1.54) is 0 Å². The van der Waals surface area contributed by atoms with Gasteiger partial charge >= 0.3 is 0 Å². The normalized spacial score (nSPS) is 10.5. The highest BCUT2D eigenvalue weighted by Crippen LogP contribution is 2.20. The van der Waals surface area contributed by atoms with Gasteiger partial charge in [-0.05, 0) is 37.6 Å². The van der Waals surface area contributed by atoms with Crippen molar-refractivity contribution in [2.24, 2.45) is 0 Å². The van der Waals surface area contributed by atoms with Gasteiger partial charge in [-0.15, -0.1) is 0 Å². The molecular weight excluding hydrogens is 234 g/mol. The molecule has 0 fully saturated rings. The summed E-state index contributed by atoms with van der Waals surface area (Å²) in [6.07, 6.45) is 1.98. The molecule has 2 aromatic rings. The maximum Gasteiger partial charge on any atom is 0.104 e. The van der Waals surface area contributed by atoms with Crippen LogP contribution in [0.3, 0.4) is 0 Å². The molecule has 17 heavy (non-hydrogen) atoms. The molecule has 1 heterocycles. The number of hydrogen-bond donors (Lipinski definition) is 1. The fraction of sp³-hybridized carbons (Fsp3) is 0.286. The molecule has 2 rings (SSSR count). The molecule has 0 bridgehead atoms. The van der Waals surface area contributed by atoms with Gasteiger partial charge in [-0.1, -0.05) is 23.7 Å². The number of halogens is 1. The fourth-order valence-corrected chi connectivity index (χ4v) is 1.91. The lowest BCUT2D eigenvalue weighted by Gasteiger charge is -2.07. The van der Waals surface area contributed by atoms with Gasteiger partial charge in [0.15, 0.2) is 0 Å². The summed E-state index contributed by atoms with van der Waals surface area (Å²) in [5, 5.41) is 4.08. The van der Waals surface area contributed by atoms with E-state index >= 15 is 0 Å². The first-order valence-corrected chi connectivity index (χ1v) is 6.17. The number of anilines is 1. The molecular formula is C14H16ClNO. The Morgan fingerprint density at radius 2 is 2.00 bits per heavy atom. The van der Waals surface area contributed by atoms with Crippen molar-refractivity contribution in [1.29, 1.82) is 0 Å². The SMILES string of the molecule is Cc1ccc(CCCNc2ccccc2Cl)o1. The monoisotopic (exact) mass is 249 g/mol. The van der Waals surface area contributed by atoms with E-state index in [0.717, 1.165) is 41.6 Å². The number of benzene rings is 1. The first-order chi connectivity index (χ1) is 8.25. The van der Waals surface area contributed by atoms with Gasteiger partial charge in [0.05, 0.1) is 10.7 Å². The average molecular weight is 250 g/mol. The minimum atomic E-state index is 0.765. The molecule has 0 radical (unpaired) electrons. The van der Waals surface area contributed by atoms with Crippen molar-refractivity contribution in [1.82, 2.24) is 0 Å². The topological polar surface area (TPSA) is 25.2 Å². The largest absolute Gasteiger partial charge is 0.466 e. The van der Waals surface area contributed by atoms with Gasteiger partial charge in [0, 0.05) is 13.0 Å². The van der Waals surface area contributed by atoms with Crippen molar-refractivity contribution in [3.8, 4) is 0 Å². The van der Waals surface area contributed by atoms with Crippen molar-refractivity contribution in [2.75, 3.05) is 11.9 Å². The molecule has 90 valence electrons. The third-order valence-electron chi connectivity index (χ3n) is 2.59. The van der Waals surface area contributed by atoms with E-state index in [-0.39, 0.29) is 0 Å². The Balaban J connectivity index is 1.75. The van der Waals surface area contributed by atoms with Crippen LogP contribution in [-0.4, -0.2) is 6.54 Å². The predicted molar refractivity (Wildman–Crippen MR) is 71.7 cm³/mol. The zero-order valence-electron chi connectivity index (χ0n) is 9.87. The summed E-state index contributed by atoms with van der Waals surface area (Å²) < 4.78 is 5.51. The number of hydrogen-bond acceptors (Lipinski definition) is 2. The molecule has 0 amide bonds. The second-order valence-corrected chi connectivity index (χ2v) is 4.43. The van der Waals surface area contributed by atoms with Crippen LogP contribution in [-0.2, 0) is 6.42 Å². The highest BCUT2D eigenvalue weighted by atomic mass is 35.5. The molecule has 1 aromatic carbocycles. The molecule has 0 saturated heterocycles. The average Bonchev–Trinajstić information content (AvgIpc) is 2.73. The summed E-state index contributed by atoms with van der Waals surface area (Å²) in [5.74, 6) is 2.02. The van der Waals surface area contributed by atoms with E-state index in [0.29, 0.717) is 0 Å². The second-order valence-electron chi connectivity index (χ2n) is 4.02. The van der Waals surface area contributed by atoms with Crippen molar-refractivity contribution >= 4 is 17.3 Å². The Bertz CT molecular complexity index is 479. The van der Waals surface area contributed by atoms with Crippen LogP contribution >= 0.6 is 11.6 Å². The van der Waals surface area contributed by atoms with Gasteiger partial charge in [0.2, 0.25) is 0 Å². The molecule has 3 heteroatoms. The quantitative estimate of drug-likeness (QED) is 0.800. The molecule has 0 unspecified atom stereocenters. The van der Waals surface area contributed by atoms with Gasteiger partial charge in [-0.2, -0.15) is 0 Å². The molecule has 2 nitrogen and oxygen atoms in total. The lowest BCUT2D eigenvalue weighted by molar-refractivity contribution is 0.479. The van der Waals surface area contributed by atoms with E-state index in [1.54, 1.807) is 0 Å². The zero-order valence-corrected chi connectivity index (χ0v) is 10.6. The van der Waals surface area contributed by atoms with Crippen molar-refractivity contribution in [2.45, 2.75) is 19.8 Å². The summed E-state index contributed by atoms with van der Waals surface area (Å²) in [4.78, 5) is 0. The summed E-state index contributed by atoms with van der Waals surface area (Å²) in [6.45, 7) is 2.86. The molecule has 1 N–H and O–H groups in total. The van der Waals surface area contributed by atoms with Crippen molar-refractivity contribution in [3.63, 3.8) is 0 Å². The Morgan fingerprint density at radius 3 is 2.71 bits per heavy atom. The summed E-state index contributed by atoms with van der Waals surface area (Å²) in [7, 11) is 0. The smallest absolute Gasteiger partial charge is 0.104 e. The fourth-order valence-electron chi connectivity index (χ4n) is 1.71. The van der Waals surface area contributed by atoms with E-state index < -0.39 is 0 Å². The van der Waals surface area contributed by atoms with Gasteiger partial charge in [0.1, 0.15) is 11.5 Å².